The van der Waals surface area contributed by atoms with E-state index in [0.29, 0.717) is 6.61 Å². The topological polar surface area (TPSA) is 60.8 Å². The summed E-state index contributed by atoms with van der Waals surface area (Å²) in [6.45, 7) is 12.2. The number of rotatable bonds is 4. The lowest BCUT2D eigenvalue weighted by Gasteiger charge is -2.25. The van der Waals surface area contributed by atoms with E-state index in [1.807, 2.05) is 52.9 Å². The quantitative estimate of drug-likeness (QED) is 0.463. The number of ether oxygens (including phenoxy) is 2. The highest BCUT2D eigenvalue weighted by atomic mass is 32.2. The van der Waals surface area contributed by atoms with Crippen LogP contribution in [-0.4, -0.2) is 32.5 Å². The van der Waals surface area contributed by atoms with Crippen LogP contribution in [0.2, 0.25) is 0 Å². The Hall–Kier alpha value is -1.93. The Labute approximate surface area is 190 Å². The summed E-state index contributed by atoms with van der Waals surface area (Å²) in [5.41, 5.74) is 2.47. The van der Waals surface area contributed by atoms with Gasteiger partial charge in [0.1, 0.15) is 16.6 Å². The Morgan fingerprint density at radius 3 is 2.65 bits per heavy atom. The molecule has 164 valence electrons. The molecule has 5 nitrogen and oxygen atoms in total. The van der Waals surface area contributed by atoms with Crippen LogP contribution in [0, 0.1) is 0 Å². The first-order chi connectivity index (χ1) is 14.5. The number of aromatic nitrogens is 1. The van der Waals surface area contributed by atoms with Crippen LogP contribution in [0.15, 0.2) is 47.0 Å². The normalized spacial score (nSPS) is 22.4. The number of benzene rings is 1. The highest BCUT2D eigenvalue weighted by Gasteiger charge is 2.43. The summed E-state index contributed by atoms with van der Waals surface area (Å²) in [6.07, 6.45) is 3.54. The Morgan fingerprint density at radius 1 is 1.19 bits per heavy atom. The predicted molar refractivity (Wildman–Crippen MR) is 129 cm³/mol. The van der Waals surface area contributed by atoms with E-state index >= 15 is 0 Å². The maximum Gasteiger partial charge on any atom is 0.164 e. The first-order valence-electron chi connectivity index (χ1n) is 10.3. The van der Waals surface area contributed by atoms with Gasteiger partial charge in [0.2, 0.25) is 0 Å². The van der Waals surface area contributed by atoms with Gasteiger partial charge in [0.05, 0.1) is 23.3 Å². The second kappa shape index (κ2) is 7.89. The molecule has 0 amide bonds. The lowest BCUT2D eigenvalue weighted by atomic mass is 9.96. The van der Waals surface area contributed by atoms with Gasteiger partial charge in [-0.3, -0.25) is 4.98 Å². The van der Waals surface area contributed by atoms with Gasteiger partial charge in [-0.15, -0.1) is 11.3 Å². The van der Waals surface area contributed by atoms with Crippen molar-refractivity contribution in [3.63, 3.8) is 0 Å². The van der Waals surface area contributed by atoms with Crippen molar-refractivity contribution < 1.29 is 13.7 Å². The highest BCUT2D eigenvalue weighted by molar-refractivity contribution is 7.85. The lowest BCUT2D eigenvalue weighted by Crippen LogP contribution is -2.28. The van der Waals surface area contributed by atoms with Crippen molar-refractivity contribution in [3.8, 4) is 11.3 Å². The van der Waals surface area contributed by atoms with Crippen molar-refractivity contribution in [2.45, 2.75) is 57.7 Å². The van der Waals surface area contributed by atoms with E-state index in [-0.39, 0.29) is 4.75 Å². The molecule has 1 aliphatic heterocycles. The van der Waals surface area contributed by atoms with E-state index in [4.69, 9.17) is 9.47 Å². The van der Waals surface area contributed by atoms with Crippen LogP contribution in [0.5, 0.6) is 0 Å². The summed E-state index contributed by atoms with van der Waals surface area (Å²) < 4.78 is 29.3. The van der Waals surface area contributed by atoms with E-state index in [1.165, 1.54) is 0 Å². The highest BCUT2D eigenvalue weighted by Crippen LogP contribution is 2.40. The van der Waals surface area contributed by atoms with Crippen LogP contribution >= 0.6 is 11.3 Å². The molecule has 0 radical (unpaired) electrons. The van der Waals surface area contributed by atoms with Gasteiger partial charge >= 0.3 is 0 Å². The molecule has 0 N–H and O–H groups in total. The molecule has 1 fully saturated rings. The molecule has 3 aromatic rings. The van der Waals surface area contributed by atoms with Gasteiger partial charge in [-0.05, 0) is 70.7 Å². The van der Waals surface area contributed by atoms with Crippen molar-refractivity contribution in [2.24, 2.45) is 4.40 Å². The minimum Gasteiger partial charge on any atom is -0.347 e. The Balaban J connectivity index is 1.70. The summed E-state index contributed by atoms with van der Waals surface area (Å²) >= 11 is 1.63. The summed E-state index contributed by atoms with van der Waals surface area (Å²) in [6, 6.07) is 12.3. The number of thiophene rings is 1. The zero-order valence-electron chi connectivity index (χ0n) is 18.8. The number of hydrogen-bond acceptors (Lipinski definition) is 5. The molecule has 4 rings (SSSR count). The smallest absolute Gasteiger partial charge is 0.164 e. The monoisotopic (exact) mass is 456 g/mol. The summed E-state index contributed by atoms with van der Waals surface area (Å²) in [4.78, 5) is 5.61. The van der Waals surface area contributed by atoms with Crippen LogP contribution in [0.25, 0.3) is 21.3 Å². The van der Waals surface area contributed by atoms with Crippen molar-refractivity contribution in [3.05, 3.63) is 53.0 Å². The van der Waals surface area contributed by atoms with Gasteiger partial charge in [0, 0.05) is 21.3 Å². The van der Waals surface area contributed by atoms with Gasteiger partial charge in [0.25, 0.3) is 0 Å². The van der Waals surface area contributed by atoms with Crippen molar-refractivity contribution in [2.75, 3.05) is 6.61 Å². The molecule has 1 aliphatic rings. The third kappa shape index (κ3) is 4.65. The molecule has 0 bridgehead atoms. The summed E-state index contributed by atoms with van der Waals surface area (Å²) in [7, 11) is -1.28. The van der Waals surface area contributed by atoms with Crippen LogP contribution in [0.1, 0.15) is 52.0 Å². The molecular formula is C24H28N2O3S2. The fraction of sp³-hybridized carbons (Fsp3) is 0.417. The molecule has 3 heterocycles. The Morgan fingerprint density at radius 2 is 1.97 bits per heavy atom. The predicted octanol–water partition coefficient (Wildman–Crippen LogP) is 5.84. The SMILES string of the molecule is CC1(C)OCC(C)(c2ccnc(-c3cccc4cc(C=NS(=O)C(C)(C)C)sc34)c2)O1. The molecule has 0 spiro atoms. The second-order valence-corrected chi connectivity index (χ2v) is 12.4. The standard InChI is InChI=1S/C24H28N2O3S2/c1-22(2,3)31(27)26-14-18-12-16-8-7-9-19(21(16)30-18)20-13-17(10-11-25-20)24(6)15-28-23(4,5)29-24/h7-14H,15H2,1-6H3. The molecule has 1 aromatic carbocycles. The fourth-order valence-electron chi connectivity index (χ4n) is 3.57. The third-order valence-electron chi connectivity index (χ3n) is 5.18. The molecule has 1 saturated heterocycles. The second-order valence-electron chi connectivity index (χ2n) is 9.42. The average molecular weight is 457 g/mol. The number of fused-ring (bicyclic) bond motifs is 1. The van der Waals surface area contributed by atoms with E-state index in [2.05, 4.69) is 40.6 Å². The number of nitrogens with zero attached hydrogens (tertiary/aromatic N) is 2. The summed E-state index contributed by atoms with van der Waals surface area (Å²) in [5.74, 6) is -0.604. The lowest BCUT2D eigenvalue weighted by molar-refractivity contribution is -0.159. The van der Waals surface area contributed by atoms with Gasteiger partial charge in [-0.2, -0.15) is 4.40 Å². The van der Waals surface area contributed by atoms with Crippen LogP contribution in [-0.2, 0) is 26.1 Å². The molecule has 31 heavy (non-hydrogen) atoms. The Kier molecular flexibility index (Phi) is 5.67. The number of hydrogen-bond donors (Lipinski definition) is 0. The maximum absolute atomic E-state index is 12.3. The van der Waals surface area contributed by atoms with Crippen molar-refractivity contribution >= 4 is 38.6 Å². The minimum atomic E-state index is -1.28. The minimum absolute atomic E-state index is 0.376. The molecular weight excluding hydrogens is 428 g/mol. The molecule has 2 unspecified atom stereocenters. The fourth-order valence-corrected chi connectivity index (χ4v) is 5.21. The third-order valence-corrected chi connectivity index (χ3v) is 7.64. The molecule has 7 heteroatoms. The van der Waals surface area contributed by atoms with Crippen LogP contribution < -0.4 is 0 Å². The van der Waals surface area contributed by atoms with Crippen LogP contribution in [0.3, 0.4) is 0 Å². The van der Waals surface area contributed by atoms with E-state index in [1.54, 1.807) is 17.6 Å². The van der Waals surface area contributed by atoms with Crippen LogP contribution in [0.4, 0.5) is 0 Å². The largest absolute Gasteiger partial charge is 0.347 e. The molecule has 0 aliphatic carbocycles. The molecule has 0 saturated carbocycles. The molecule has 2 aromatic heterocycles. The first kappa shape index (κ1) is 22.3. The van der Waals surface area contributed by atoms with Gasteiger partial charge in [0.15, 0.2) is 5.79 Å². The van der Waals surface area contributed by atoms with Gasteiger partial charge < -0.3 is 9.47 Å². The maximum atomic E-state index is 12.3. The zero-order chi connectivity index (χ0) is 22.4. The van der Waals surface area contributed by atoms with E-state index in [0.717, 1.165) is 31.8 Å². The summed E-state index contributed by atoms with van der Waals surface area (Å²) in [5, 5.41) is 1.12. The average Bonchev–Trinajstić information content (AvgIpc) is 3.25. The van der Waals surface area contributed by atoms with Crippen molar-refractivity contribution in [1.82, 2.24) is 4.98 Å². The first-order valence-corrected chi connectivity index (χ1v) is 12.2. The van der Waals surface area contributed by atoms with Gasteiger partial charge in [-0.25, -0.2) is 4.21 Å². The van der Waals surface area contributed by atoms with E-state index in [9.17, 15) is 4.21 Å². The van der Waals surface area contributed by atoms with Gasteiger partial charge in [-0.1, -0.05) is 18.2 Å². The van der Waals surface area contributed by atoms with E-state index < -0.39 is 22.4 Å². The Bertz CT molecular complexity index is 1180. The zero-order valence-corrected chi connectivity index (χ0v) is 20.4. The van der Waals surface area contributed by atoms with Crippen molar-refractivity contribution in [1.29, 1.82) is 0 Å². The number of pyridine rings is 1. The molecule has 2 atom stereocenters.